The molecule has 0 atom stereocenters. The number of carbonyl (C=O) groups is 1. The quantitative estimate of drug-likeness (QED) is 0.322. The minimum atomic E-state index is 0.0955. The van der Waals surface area contributed by atoms with Crippen molar-refractivity contribution in [2.75, 3.05) is 4.90 Å². The Morgan fingerprint density at radius 1 is 0.912 bits per heavy atom. The van der Waals surface area contributed by atoms with Crippen molar-refractivity contribution in [1.82, 2.24) is 10.1 Å². The van der Waals surface area contributed by atoms with E-state index in [1.165, 1.54) is 24.0 Å². The standard InChI is InChI=1S/C28H25N3O2S/c1-17-11-12-20(15-18(17)2)27-29-26(30-33-27)19-13-14-23-25(16-19)34-24-10-6-5-9-22(24)28(32)31(23)21-7-3-4-8-21/h5-6,9-16,21H,3-4,7-8H2,1-2H3. The Kier molecular flexibility index (Phi) is 5.26. The van der Waals surface area contributed by atoms with E-state index in [4.69, 9.17) is 4.52 Å². The van der Waals surface area contributed by atoms with Gasteiger partial charge in [0.15, 0.2) is 0 Å². The molecule has 0 radical (unpaired) electrons. The predicted octanol–water partition coefficient (Wildman–Crippen LogP) is 7.07. The number of amides is 1. The molecule has 34 heavy (non-hydrogen) atoms. The lowest BCUT2D eigenvalue weighted by atomic mass is 10.1. The normalized spacial score (nSPS) is 15.8. The summed E-state index contributed by atoms with van der Waals surface area (Å²) in [5.74, 6) is 1.15. The molecule has 170 valence electrons. The van der Waals surface area contributed by atoms with E-state index in [1.54, 1.807) is 11.8 Å². The third-order valence-electron chi connectivity index (χ3n) is 6.90. The molecule has 0 spiro atoms. The molecular weight excluding hydrogens is 442 g/mol. The summed E-state index contributed by atoms with van der Waals surface area (Å²) < 4.78 is 5.61. The van der Waals surface area contributed by atoms with Gasteiger partial charge in [-0.15, -0.1) is 0 Å². The van der Waals surface area contributed by atoms with Crippen LogP contribution in [0.15, 0.2) is 75.0 Å². The number of benzene rings is 3. The molecule has 0 unspecified atom stereocenters. The zero-order valence-electron chi connectivity index (χ0n) is 19.2. The van der Waals surface area contributed by atoms with Crippen molar-refractivity contribution >= 4 is 23.4 Å². The second-order valence-corrected chi connectivity index (χ2v) is 10.2. The number of aryl methyl sites for hydroxylation is 2. The third kappa shape index (κ3) is 3.62. The molecule has 6 heteroatoms. The van der Waals surface area contributed by atoms with Gasteiger partial charge in [-0.2, -0.15) is 4.98 Å². The molecule has 6 rings (SSSR count). The van der Waals surface area contributed by atoms with E-state index in [1.807, 2.05) is 47.4 Å². The lowest BCUT2D eigenvalue weighted by Gasteiger charge is -2.29. The second-order valence-electron chi connectivity index (χ2n) is 9.12. The van der Waals surface area contributed by atoms with Crippen molar-refractivity contribution in [3.8, 4) is 22.8 Å². The molecule has 5 nitrogen and oxygen atoms in total. The number of anilines is 1. The molecular formula is C28H25N3O2S. The van der Waals surface area contributed by atoms with E-state index in [2.05, 4.69) is 42.2 Å². The molecule has 2 aliphatic rings. The van der Waals surface area contributed by atoms with Gasteiger partial charge in [-0.3, -0.25) is 4.79 Å². The molecule has 1 aliphatic heterocycles. The Hall–Kier alpha value is -3.38. The van der Waals surface area contributed by atoms with Crippen molar-refractivity contribution in [1.29, 1.82) is 0 Å². The van der Waals surface area contributed by atoms with Crippen molar-refractivity contribution in [3.63, 3.8) is 0 Å². The summed E-state index contributed by atoms with van der Waals surface area (Å²) in [5.41, 5.74) is 5.96. The first-order valence-corrected chi connectivity index (χ1v) is 12.6. The fourth-order valence-electron chi connectivity index (χ4n) is 4.88. The lowest BCUT2D eigenvalue weighted by molar-refractivity contribution is 0.0974. The second kappa shape index (κ2) is 8.44. The van der Waals surface area contributed by atoms with Gasteiger partial charge in [-0.25, -0.2) is 0 Å². The van der Waals surface area contributed by atoms with Crippen molar-refractivity contribution in [2.24, 2.45) is 0 Å². The van der Waals surface area contributed by atoms with Crippen LogP contribution in [0.4, 0.5) is 5.69 Å². The monoisotopic (exact) mass is 467 g/mol. The lowest BCUT2D eigenvalue weighted by Crippen LogP contribution is -2.39. The van der Waals surface area contributed by atoms with Crippen molar-refractivity contribution < 1.29 is 9.32 Å². The van der Waals surface area contributed by atoms with E-state index in [9.17, 15) is 4.79 Å². The van der Waals surface area contributed by atoms with Gasteiger partial charge in [-0.05, 0) is 80.3 Å². The molecule has 3 aromatic carbocycles. The maximum atomic E-state index is 13.6. The number of carbonyl (C=O) groups excluding carboxylic acids is 1. The average molecular weight is 468 g/mol. The molecule has 0 saturated heterocycles. The van der Waals surface area contributed by atoms with Crippen LogP contribution >= 0.6 is 11.8 Å². The van der Waals surface area contributed by atoms with Crippen LogP contribution in [0.1, 0.15) is 47.2 Å². The number of fused-ring (bicyclic) bond motifs is 2. The van der Waals surface area contributed by atoms with Crippen LogP contribution in [0.2, 0.25) is 0 Å². The van der Waals surface area contributed by atoms with Crippen LogP contribution < -0.4 is 4.90 Å². The number of hydrogen-bond acceptors (Lipinski definition) is 5. The highest BCUT2D eigenvalue weighted by Crippen LogP contribution is 2.45. The highest BCUT2D eigenvalue weighted by Gasteiger charge is 2.34. The van der Waals surface area contributed by atoms with Crippen LogP contribution in [0.25, 0.3) is 22.8 Å². The van der Waals surface area contributed by atoms with E-state index < -0.39 is 0 Å². The maximum Gasteiger partial charge on any atom is 0.259 e. The van der Waals surface area contributed by atoms with Gasteiger partial charge in [0.1, 0.15) is 0 Å². The zero-order valence-corrected chi connectivity index (χ0v) is 20.1. The summed E-state index contributed by atoms with van der Waals surface area (Å²) in [6.07, 6.45) is 4.43. The Bertz CT molecular complexity index is 1400. The zero-order chi connectivity index (χ0) is 23.2. The smallest absolute Gasteiger partial charge is 0.259 e. The fourth-order valence-corrected chi connectivity index (χ4v) is 5.99. The summed E-state index contributed by atoms with van der Waals surface area (Å²) in [4.78, 5) is 22.4. The first-order chi connectivity index (χ1) is 16.6. The number of hydrogen-bond donors (Lipinski definition) is 0. The average Bonchev–Trinajstić information content (AvgIpc) is 3.53. The number of rotatable bonds is 3. The Morgan fingerprint density at radius 2 is 1.71 bits per heavy atom. The van der Waals surface area contributed by atoms with Crippen LogP contribution in [-0.4, -0.2) is 22.1 Å². The Balaban J connectivity index is 1.42. The maximum absolute atomic E-state index is 13.6. The van der Waals surface area contributed by atoms with Gasteiger partial charge in [0.2, 0.25) is 5.82 Å². The molecule has 0 bridgehead atoms. The topological polar surface area (TPSA) is 59.2 Å². The summed E-state index contributed by atoms with van der Waals surface area (Å²) in [6, 6.07) is 20.4. The minimum Gasteiger partial charge on any atom is -0.334 e. The van der Waals surface area contributed by atoms with Gasteiger partial charge in [0.25, 0.3) is 11.8 Å². The molecule has 0 N–H and O–H groups in total. The van der Waals surface area contributed by atoms with Crippen LogP contribution in [0.5, 0.6) is 0 Å². The summed E-state index contributed by atoms with van der Waals surface area (Å²) in [6.45, 7) is 4.17. The molecule has 1 aromatic heterocycles. The molecule has 1 saturated carbocycles. The van der Waals surface area contributed by atoms with Gasteiger partial charge in [0, 0.05) is 27.0 Å². The highest BCUT2D eigenvalue weighted by atomic mass is 32.2. The Labute approximate surface area is 203 Å². The van der Waals surface area contributed by atoms with E-state index in [-0.39, 0.29) is 11.9 Å². The molecule has 1 aliphatic carbocycles. The number of aromatic nitrogens is 2. The molecule has 1 fully saturated rings. The van der Waals surface area contributed by atoms with E-state index >= 15 is 0 Å². The predicted molar refractivity (Wildman–Crippen MR) is 134 cm³/mol. The van der Waals surface area contributed by atoms with Crippen molar-refractivity contribution in [3.05, 3.63) is 77.4 Å². The van der Waals surface area contributed by atoms with Crippen molar-refractivity contribution in [2.45, 2.75) is 55.4 Å². The first kappa shape index (κ1) is 21.2. The largest absolute Gasteiger partial charge is 0.334 e. The van der Waals surface area contributed by atoms with Gasteiger partial charge in [-0.1, -0.05) is 48.0 Å². The van der Waals surface area contributed by atoms with Crippen LogP contribution in [-0.2, 0) is 0 Å². The number of nitrogens with zero attached hydrogens (tertiary/aromatic N) is 3. The molecule has 4 aromatic rings. The van der Waals surface area contributed by atoms with Gasteiger partial charge in [0.05, 0.1) is 11.3 Å². The van der Waals surface area contributed by atoms with E-state index in [0.717, 1.165) is 45.0 Å². The summed E-state index contributed by atoms with van der Waals surface area (Å²) in [5, 5.41) is 4.27. The first-order valence-electron chi connectivity index (χ1n) is 11.7. The van der Waals surface area contributed by atoms with Gasteiger partial charge < -0.3 is 9.42 Å². The highest BCUT2D eigenvalue weighted by molar-refractivity contribution is 7.99. The SMILES string of the molecule is Cc1ccc(-c2nc(-c3ccc4c(c3)Sc3ccccc3C(=O)N4C3CCCC3)no2)cc1C. The minimum absolute atomic E-state index is 0.0955. The third-order valence-corrected chi connectivity index (χ3v) is 8.03. The van der Waals surface area contributed by atoms with E-state index in [0.29, 0.717) is 11.7 Å². The summed E-state index contributed by atoms with van der Waals surface area (Å²) in [7, 11) is 0. The molecule has 1 amide bonds. The molecule has 2 heterocycles. The van der Waals surface area contributed by atoms with Crippen LogP contribution in [0, 0.1) is 13.8 Å². The fraction of sp³-hybridized carbons (Fsp3) is 0.250. The van der Waals surface area contributed by atoms with Gasteiger partial charge >= 0.3 is 0 Å². The Morgan fingerprint density at radius 3 is 2.53 bits per heavy atom. The van der Waals surface area contributed by atoms with Crippen LogP contribution in [0.3, 0.4) is 0 Å². The summed E-state index contributed by atoms with van der Waals surface area (Å²) >= 11 is 1.64.